The number of anilines is 1. The first kappa shape index (κ1) is 19.5. The molecule has 0 bridgehead atoms. The van der Waals surface area contributed by atoms with Gasteiger partial charge in [-0.1, -0.05) is 24.3 Å². The third-order valence-electron chi connectivity index (χ3n) is 3.53. The standard InChI is InChI=1S/C20H19N3O4/c1-22-20(25)15(12-21)11-14-7-9-16(10-8-14)27-13-19(24)23-17-5-3-4-6-18(17)26-2/h3-11H,13H2,1-2H3,(H,22,25)(H,23,24)/b15-11+. The zero-order chi connectivity index (χ0) is 19.6. The Morgan fingerprint density at radius 3 is 2.48 bits per heavy atom. The van der Waals surface area contributed by atoms with Crippen LogP contribution in [0.15, 0.2) is 54.1 Å². The number of amides is 2. The highest BCUT2D eigenvalue weighted by atomic mass is 16.5. The summed E-state index contributed by atoms with van der Waals surface area (Å²) in [4.78, 5) is 23.5. The molecule has 0 saturated carbocycles. The SMILES string of the molecule is CNC(=O)/C(C#N)=C/c1ccc(OCC(=O)Nc2ccccc2OC)cc1. The quantitative estimate of drug-likeness (QED) is 0.579. The Labute approximate surface area is 157 Å². The Balaban J connectivity index is 1.95. The van der Waals surface area contributed by atoms with Gasteiger partial charge in [-0.2, -0.15) is 5.26 Å². The molecule has 0 aromatic heterocycles. The highest BCUT2D eigenvalue weighted by Crippen LogP contribution is 2.23. The molecule has 0 radical (unpaired) electrons. The maximum atomic E-state index is 12.0. The third-order valence-corrected chi connectivity index (χ3v) is 3.53. The molecule has 2 aromatic rings. The first-order chi connectivity index (χ1) is 13.1. The summed E-state index contributed by atoms with van der Waals surface area (Å²) in [5, 5.41) is 14.1. The van der Waals surface area contributed by atoms with Crippen LogP contribution in [-0.4, -0.2) is 32.6 Å². The second-order valence-electron chi connectivity index (χ2n) is 5.36. The van der Waals surface area contributed by atoms with E-state index in [1.54, 1.807) is 42.5 Å². The molecule has 0 aliphatic rings. The Morgan fingerprint density at radius 2 is 1.85 bits per heavy atom. The largest absolute Gasteiger partial charge is 0.495 e. The number of ether oxygens (including phenoxy) is 2. The van der Waals surface area contributed by atoms with Gasteiger partial charge >= 0.3 is 0 Å². The first-order valence-corrected chi connectivity index (χ1v) is 8.07. The lowest BCUT2D eigenvalue weighted by Crippen LogP contribution is -2.20. The van der Waals surface area contributed by atoms with Gasteiger partial charge in [-0.3, -0.25) is 9.59 Å². The van der Waals surface area contributed by atoms with Gasteiger partial charge in [0, 0.05) is 7.05 Å². The fraction of sp³-hybridized carbons (Fsp3) is 0.150. The van der Waals surface area contributed by atoms with E-state index in [1.807, 2.05) is 12.1 Å². The van der Waals surface area contributed by atoms with Crippen LogP contribution >= 0.6 is 0 Å². The van der Waals surface area contributed by atoms with Crippen molar-refractivity contribution in [1.82, 2.24) is 5.32 Å². The third kappa shape index (κ3) is 5.61. The van der Waals surface area contributed by atoms with Gasteiger partial charge in [0.1, 0.15) is 23.1 Å². The van der Waals surface area contributed by atoms with Crippen LogP contribution in [0.4, 0.5) is 5.69 Å². The second-order valence-corrected chi connectivity index (χ2v) is 5.36. The van der Waals surface area contributed by atoms with Crippen molar-refractivity contribution in [3.8, 4) is 17.6 Å². The molecule has 0 aliphatic heterocycles. The lowest BCUT2D eigenvalue weighted by molar-refractivity contribution is -0.118. The van der Waals surface area contributed by atoms with Gasteiger partial charge < -0.3 is 20.1 Å². The summed E-state index contributed by atoms with van der Waals surface area (Å²) in [5.41, 5.74) is 1.23. The smallest absolute Gasteiger partial charge is 0.262 e. The molecular formula is C20H19N3O4. The van der Waals surface area contributed by atoms with Crippen LogP contribution in [0, 0.1) is 11.3 Å². The molecule has 0 heterocycles. The van der Waals surface area contributed by atoms with E-state index < -0.39 is 5.91 Å². The predicted octanol–water partition coefficient (Wildman–Crippen LogP) is 2.37. The second kappa shape index (κ2) is 9.63. The lowest BCUT2D eigenvalue weighted by atomic mass is 10.1. The summed E-state index contributed by atoms with van der Waals surface area (Å²) in [6.07, 6.45) is 1.47. The van der Waals surface area contributed by atoms with Crippen LogP contribution in [0.3, 0.4) is 0 Å². The molecule has 2 N–H and O–H groups in total. The zero-order valence-corrected chi connectivity index (χ0v) is 15.0. The molecule has 0 aliphatic carbocycles. The summed E-state index contributed by atoms with van der Waals surface area (Å²) in [7, 11) is 2.99. The molecule has 2 aromatic carbocycles. The number of nitrogens with zero attached hydrogens (tertiary/aromatic N) is 1. The summed E-state index contributed by atoms with van der Waals surface area (Å²) < 4.78 is 10.6. The Bertz CT molecular complexity index is 883. The number of benzene rings is 2. The fourth-order valence-corrected chi connectivity index (χ4v) is 2.19. The number of rotatable bonds is 7. The van der Waals surface area contributed by atoms with Crippen molar-refractivity contribution in [2.75, 3.05) is 26.1 Å². The number of carbonyl (C=O) groups excluding carboxylic acids is 2. The fourth-order valence-electron chi connectivity index (χ4n) is 2.19. The summed E-state index contributed by atoms with van der Waals surface area (Å²) in [6.45, 7) is -0.172. The molecule has 2 amide bonds. The molecule has 0 atom stereocenters. The average Bonchev–Trinajstić information content (AvgIpc) is 2.71. The topological polar surface area (TPSA) is 100 Å². The van der Waals surface area contributed by atoms with Gasteiger partial charge in [-0.25, -0.2) is 0 Å². The van der Waals surface area contributed by atoms with Crippen molar-refractivity contribution < 1.29 is 19.1 Å². The molecule has 7 nitrogen and oxygen atoms in total. The minimum absolute atomic E-state index is 0.00218. The maximum Gasteiger partial charge on any atom is 0.262 e. The number of para-hydroxylation sites is 2. The Kier molecular flexibility index (Phi) is 6.97. The number of methoxy groups -OCH3 is 1. The normalized spacial score (nSPS) is 10.5. The van der Waals surface area contributed by atoms with Crippen molar-refractivity contribution in [2.24, 2.45) is 0 Å². The van der Waals surface area contributed by atoms with E-state index in [2.05, 4.69) is 10.6 Å². The van der Waals surface area contributed by atoms with Gasteiger partial charge in [0.25, 0.3) is 11.8 Å². The van der Waals surface area contributed by atoms with Crippen LogP contribution in [-0.2, 0) is 9.59 Å². The predicted molar refractivity (Wildman–Crippen MR) is 101 cm³/mol. The van der Waals surface area contributed by atoms with Crippen LogP contribution in [0.1, 0.15) is 5.56 Å². The number of nitrogens with one attached hydrogen (secondary N) is 2. The molecule has 0 unspecified atom stereocenters. The lowest BCUT2D eigenvalue weighted by Gasteiger charge is -2.10. The highest BCUT2D eigenvalue weighted by molar-refractivity contribution is 6.01. The van der Waals surface area contributed by atoms with Crippen molar-refractivity contribution in [3.63, 3.8) is 0 Å². The van der Waals surface area contributed by atoms with E-state index in [-0.39, 0.29) is 18.1 Å². The van der Waals surface area contributed by atoms with E-state index in [1.165, 1.54) is 20.2 Å². The van der Waals surface area contributed by atoms with E-state index in [9.17, 15) is 9.59 Å². The number of hydrogen-bond donors (Lipinski definition) is 2. The summed E-state index contributed by atoms with van der Waals surface area (Å²) in [5.74, 6) is 0.271. The van der Waals surface area contributed by atoms with E-state index in [0.29, 0.717) is 22.7 Å². The van der Waals surface area contributed by atoms with E-state index in [0.717, 1.165) is 0 Å². The molecule has 0 fully saturated rings. The van der Waals surface area contributed by atoms with Gasteiger partial charge in [0.15, 0.2) is 6.61 Å². The van der Waals surface area contributed by atoms with E-state index >= 15 is 0 Å². The van der Waals surface area contributed by atoms with Gasteiger partial charge in [0.2, 0.25) is 0 Å². The average molecular weight is 365 g/mol. The zero-order valence-electron chi connectivity index (χ0n) is 15.0. The van der Waals surface area contributed by atoms with E-state index in [4.69, 9.17) is 14.7 Å². The molecule has 7 heteroatoms. The van der Waals surface area contributed by atoms with Crippen LogP contribution in [0.2, 0.25) is 0 Å². The van der Waals surface area contributed by atoms with Gasteiger partial charge in [-0.15, -0.1) is 0 Å². The van der Waals surface area contributed by atoms with Crippen molar-refractivity contribution in [1.29, 1.82) is 5.26 Å². The van der Waals surface area contributed by atoms with Crippen molar-refractivity contribution in [3.05, 3.63) is 59.7 Å². The molecule has 27 heavy (non-hydrogen) atoms. The van der Waals surface area contributed by atoms with Crippen LogP contribution in [0.5, 0.6) is 11.5 Å². The van der Waals surface area contributed by atoms with Crippen molar-refractivity contribution >= 4 is 23.6 Å². The van der Waals surface area contributed by atoms with Crippen LogP contribution < -0.4 is 20.1 Å². The molecule has 0 saturated heterocycles. The summed E-state index contributed by atoms with van der Waals surface area (Å²) in [6, 6.07) is 15.6. The maximum absolute atomic E-state index is 12.0. The van der Waals surface area contributed by atoms with Gasteiger partial charge in [-0.05, 0) is 35.9 Å². The molecule has 0 spiro atoms. The summed E-state index contributed by atoms with van der Waals surface area (Å²) >= 11 is 0. The number of nitriles is 1. The highest BCUT2D eigenvalue weighted by Gasteiger charge is 2.08. The number of hydrogen-bond acceptors (Lipinski definition) is 5. The molecule has 138 valence electrons. The number of likely N-dealkylation sites (N-methyl/N-ethyl adjacent to an activating group) is 1. The number of carbonyl (C=O) groups is 2. The first-order valence-electron chi connectivity index (χ1n) is 8.07. The molecular weight excluding hydrogens is 346 g/mol. The Hall–Kier alpha value is -3.79. The monoisotopic (exact) mass is 365 g/mol. The van der Waals surface area contributed by atoms with Crippen LogP contribution in [0.25, 0.3) is 6.08 Å². The Morgan fingerprint density at radius 1 is 1.15 bits per heavy atom. The minimum atomic E-state index is -0.453. The minimum Gasteiger partial charge on any atom is -0.495 e. The van der Waals surface area contributed by atoms with Crippen molar-refractivity contribution in [2.45, 2.75) is 0 Å². The molecule has 2 rings (SSSR count). The van der Waals surface area contributed by atoms with Gasteiger partial charge in [0.05, 0.1) is 12.8 Å².